The molecule has 2 aliphatic rings. The van der Waals surface area contributed by atoms with E-state index < -0.39 is 35.7 Å². The Morgan fingerprint density at radius 1 is 1.14 bits per heavy atom. The van der Waals surface area contributed by atoms with Gasteiger partial charge in [-0.2, -0.15) is 0 Å². The van der Waals surface area contributed by atoms with Crippen molar-refractivity contribution in [1.29, 1.82) is 0 Å². The maximum atomic E-state index is 12.3. The maximum Gasteiger partial charge on any atom is 0.417 e. The average molecular weight is 396 g/mol. The van der Waals surface area contributed by atoms with Crippen LogP contribution in [0.25, 0.3) is 0 Å². The lowest BCUT2D eigenvalue weighted by Gasteiger charge is -2.26. The van der Waals surface area contributed by atoms with Gasteiger partial charge in [-0.15, -0.1) is 0 Å². The number of likely N-dealkylation sites (tertiary alicyclic amines) is 1. The third-order valence-corrected chi connectivity index (χ3v) is 4.45. The van der Waals surface area contributed by atoms with Gasteiger partial charge in [-0.05, 0) is 52.9 Å². The lowest BCUT2D eigenvalue weighted by molar-refractivity contribution is -0.151. The van der Waals surface area contributed by atoms with Gasteiger partial charge in [0.15, 0.2) is 0 Å². The van der Waals surface area contributed by atoms with Crippen LogP contribution >= 0.6 is 0 Å². The fraction of sp³-hybridized carbons (Fsp3) is 0.737. The molecule has 28 heavy (non-hydrogen) atoms. The van der Waals surface area contributed by atoms with Crippen molar-refractivity contribution in [2.24, 2.45) is 4.99 Å². The van der Waals surface area contributed by atoms with Crippen LogP contribution in [0.2, 0.25) is 0 Å². The second-order valence-electron chi connectivity index (χ2n) is 7.84. The highest BCUT2D eigenvalue weighted by atomic mass is 16.6. The van der Waals surface area contributed by atoms with Crippen LogP contribution in [0.5, 0.6) is 0 Å². The number of ether oxygens (including phenoxy) is 3. The van der Waals surface area contributed by atoms with Crippen molar-refractivity contribution in [2.45, 2.75) is 77.0 Å². The normalized spacial score (nSPS) is 22.1. The van der Waals surface area contributed by atoms with E-state index in [9.17, 15) is 19.2 Å². The maximum absolute atomic E-state index is 12.3. The number of amides is 2. The summed E-state index contributed by atoms with van der Waals surface area (Å²) in [6.07, 6.45) is 2.01. The Morgan fingerprint density at radius 3 is 2.50 bits per heavy atom. The Kier molecular flexibility index (Phi) is 7.15. The van der Waals surface area contributed by atoms with E-state index in [1.807, 2.05) is 0 Å². The van der Waals surface area contributed by atoms with Gasteiger partial charge in [0.2, 0.25) is 5.91 Å². The summed E-state index contributed by atoms with van der Waals surface area (Å²) in [5, 5.41) is 0. The van der Waals surface area contributed by atoms with Crippen LogP contribution in [0, 0.1) is 0 Å². The van der Waals surface area contributed by atoms with Crippen molar-refractivity contribution in [3.8, 4) is 0 Å². The van der Waals surface area contributed by atoms with Crippen molar-refractivity contribution in [2.75, 3.05) is 13.7 Å². The van der Waals surface area contributed by atoms with Crippen LogP contribution in [-0.4, -0.2) is 66.0 Å². The standard InChI is InChI=1S/C19H28N2O7/c1-19(2,3)28-18(25)21-14(9-10-15(21)22)17(24)27-11-5-6-12-7-8-13(20-12)16(23)26-4/h13-14H,5-11H2,1-4H3/t13-,14-/m0/s1. The van der Waals surface area contributed by atoms with E-state index >= 15 is 0 Å². The molecule has 9 nitrogen and oxygen atoms in total. The zero-order chi connectivity index (χ0) is 20.9. The highest BCUT2D eigenvalue weighted by Crippen LogP contribution is 2.23. The lowest BCUT2D eigenvalue weighted by Crippen LogP contribution is -2.46. The Morgan fingerprint density at radius 2 is 1.86 bits per heavy atom. The number of carbonyl (C=O) groups is 4. The molecule has 2 amide bonds. The summed E-state index contributed by atoms with van der Waals surface area (Å²) in [6, 6.07) is -1.38. The molecule has 2 atom stereocenters. The number of hydrogen-bond acceptors (Lipinski definition) is 8. The largest absolute Gasteiger partial charge is 0.467 e. The number of methoxy groups -OCH3 is 1. The molecule has 0 aromatic carbocycles. The minimum absolute atomic E-state index is 0.102. The highest BCUT2D eigenvalue weighted by molar-refractivity contribution is 5.99. The molecule has 2 aliphatic heterocycles. The van der Waals surface area contributed by atoms with E-state index in [1.54, 1.807) is 20.8 Å². The first-order valence-electron chi connectivity index (χ1n) is 9.47. The quantitative estimate of drug-likeness (QED) is 0.383. The van der Waals surface area contributed by atoms with Crippen LogP contribution in [0.4, 0.5) is 4.79 Å². The molecular formula is C19H28N2O7. The molecule has 1 fully saturated rings. The number of nitrogens with zero attached hydrogens (tertiary/aromatic N) is 2. The van der Waals surface area contributed by atoms with Crippen molar-refractivity contribution >= 4 is 29.7 Å². The minimum atomic E-state index is -0.949. The summed E-state index contributed by atoms with van der Waals surface area (Å²) in [6.45, 7) is 5.22. The average Bonchev–Trinajstić information content (AvgIpc) is 3.23. The van der Waals surface area contributed by atoms with Crippen LogP contribution in [-0.2, 0) is 28.6 Å². The Labute approximate surface area is 164 Å². The van der Waals surface area contributed by atoms with Crippen molar-refractivity contribution < 1.29 is 33.4 Å². The molecule has 0 spiro atoms. The molecule has 0 aromatic heterocycles. The summed E-state index contributed by atoms with van der Waals surface area (Å²) in [4.78, 5) is 53.2. The zero-order valence-electron chi connectivity index (χ0n) is 16.9. The van der Waals surface area contributed by atoms with E-state index in [-0.39, 0.29) is 25.4 Å². The van der Waals surface area contributed by atoms with Gasteiger partial charge in [0.1, 0.15) is 17.7 Å². The number of rotatable bonds is 6. The fourth-order valence-electron chi connectivity index (χ4n) is 3.14. The number of imide groups is 1. The summed E-state index contributed by atoms with van der Waals surface area (Å²) in [5.74, 6) is -1.39. The Bertz CT molecular complexity index is 666. The number of aliphatic imine (C=N–C) groups is 1. The zero-order valence-corrected chi connectivity index (χ0v) is 16.9. The molecule has 2 rings (SSSR count). The number of esters is 2. The predicted octanol–water partition coefficient (Wildman–Crippen LogP) is 2.01. The molecule has 2 heterocycles. The molecule has 0 saturated carbocycles. The second-order valence-corrected chi connectivity index (χ2v) is 7.84. The van der Waals surface area contributed by atoms with Gasteiger partial charge in [-0.25, -0.2) is 19.3 Å². The molecule has 0 aromatic rings. The molecule has 9 heteroatoms. The smallest absolute Gasteiger partial charge is 0.417 e. The van der Waals surface area contributed by atoms with Crippen molar-refractivity contribution in [3.63, 3.8) is 0 Å². The first kappa shape index (κ1) is 21.8. The van der Waals surface area contributed by atoms with Gasteiger partial charge in [0, 0.05) is 12.1 Å². The van der Waals surface area contributed by atoms with Gasteiger partial charge in [-0.1, -0.05) is 0 Å². The van der Waals surface area contributed by atoms with Gasteiger partial charge in [0.25, 0.3) is 0 Å². The van der Waals surface area contributed by atoms with E-state index in [4.69, 9.17) is 9.47 Å². The Hall–Kier alpha value is -2.45. The Balaban J connectivity index is 1.80. The van der Waals surface area contributed by atoms with Crippen LogP contribution in [0.1, 0.15) is 59.3 Å². The molecule has 0 bridgehead atoms. The lowest BCUT2D eigenvalue weighted by atomic mass is 10.1. The molecule has 0 unspecified atom stereocenters. The first-order valence-corrected chi connectivity index (χ1v) is 9.47. The molecular weight excluding hydrogens is 368 g/mol. The van der Waals surface area contributed by atoms with Gasteiger partial charge < -0.3 is 14.2 Å². The van der Waals surface area contributed by atoms with Crippen LogP contribution in [0.3, 0.4) is 0 Å². The number of hydrogen-bond donors (Lipinski definition) is 0. The molecule has 1 saturated heterocycles. The van der Waals surface area contributed by atoms with E-state index in [2.05, 4.69) is 9.73 Å². The molecule has 0 radical (unpaired) electrons. The van der Waals surface area contributed by atoms with Gasteiger partial charge in [0.05, 0.1) is 13.7 Å². The summed E-state index contributed by atoms with van der Waals surface area (Å²) in [5.41, 5.74) is 0.135. The van der Waals surface area contributed by atoms with Crippen LogP contribution in [0.15, 0.2) is 4.99 Å². The minimum Gasteiger partial charge on any atom is -0.467 e. The third kappa shape index (κ3) is 5.77. The topological polar surface area (TPSA) is 112 Å². The fourth-order valence-corrected chi connectivity index (χ4v) is 3.14. The summed E-state index contributed by atoms with van der Waals surface area (Å²) < 4.78 is 15.1. The highest BCUT2D eigenvalue weighted by Gasteiger charge is 2.43. The van der Waals surface area contributed by atoms with Crippen molar-refractivity contribution in [3.05, 3.63) is 0 Å². The van der Waals surface area contributed by atoms with E-state index in [0.717, 1.165) is 17.0 Å². The first-order chi connectivity index (χ1) is 13.1. The molecule has 0 aliphatic carbocycles. The molecule has 156 valence electrons. The predicted molar refractivity (Wildman–Crippen MR) is 98.8 cm³/mol. The monoisotopic (exact) mass is 396 g/mol. The number of carbonyl (C=O) groups excluding carboxylic acids is 4. The third-order valence-electron chi connectivity index (χ3n) is 4.45. The van der Waals surface area contributed by atoms with Crippen LogP contribution < -0.4 is 0 Å². The van der Waals surface area contributed by atoms with E-state index in [1.165, 1.54) is 7.11 Å². The SMILES string of the molecule is COC(=O)[C@@H]1CCC(CCCOC(=O)[C@@H]2CCC(=O)N2C(=O)OC(C)(C)C)=N1. The van der Waals surface area contributed by atoms with Gasteiger partial charge >= 0.3 is 18.0 Å². The van der Waals surface area contributed by atoms with Crippen molar-refractivity contribution in [1.82, 2.24) is 4.90 Å². The summed E-state index contributed by atoms with van der Waals surface area (Å²) in [7, 11) is 1.34. The second kappa shape index (κ2) is 9.16. The molecule has 0 N–H and O–H groups in total. The van der Waals surface area contributed by atoms with Gasteiger partial charge in [-0.3, -0.25) is 9.79 Å². The van der Waals surface area contributed by atoms with E-state index in [0.29, 0.717) is 19.3 Å². The summed E-state index contributed by atoms with van der Waals surface area (Å²) >= 11 is 0.